The summed E-state index contributed by atoms with van der Waals surface area (Å²) in [6, 6.07) is 11.2. The summed E-state index contributed by atoms with van der Waals surface area (Å²) < 4.78 is 36.3. The molecule has 0 saturated heterocycles. The van der Waals surface area contributed by atoms with Crippen LogP contribution in [-0.4, -0.2) is 46.2 Å². The van der Waals surface area contributed by atoms with Gasteiger partial charge < -0.3 is 14.4 Å². The molecule has 2 aromatic carbocycles. The highest BCUT2D eigenvalue weighted by molar-refractivity contribution is 7.92. The van der Waals surface area contributed by atoms with Gasteiger partial charge in [-0.1, -0.05) is 12.1 Å². The summed E-state index contributed by atoms with van der Waals surface area (Å²) >= 11 is 0. The van der Waals surface area contributed by atoms with E-state index in [1.807, 2.05) is 24.3 Å². The number of sulfonamides is 1. The third-order valence-electron chi connectivity index (χ3n) is 4.84. The number of rotatable bonds is 5. The predicted molar refractivity (Wildman–Crippen MR) is 107 cm³/mol. The maximum absolute atomic E-state index is 12.1. The monoisotopic (exact) mass is 404 g/mol. The highest BCUT2D eigenvalue weighted by atomic mass is 32.2. The van der Waals surface area contributed by atoms with Crippen molar-refractivity contribution in [1.82, 2.24) is 4.90 Å². The number of amides is 1. The molecule has 1 aliphatic rings. The summed E-state index contributed by atoms with van der Waals surface area (Å²) in [5.41, 5.74) is 3.45. The van der Waals surface area contributed by atoms with E-state index in [0.717, 1.165) is 22.9 Å². The number of benzene rings is 2. The average molecular weight is 404 g/mol. The predicted octanol–water partition coefficient (Wildman–Crippen LogP) is 2.57. The zero-order chi connectivity index (χ0) is 20.5. The molecule has 1 heterocycles. The lowest BCUT2D eigenvalue weighted by molar-refractivity contribution is -0.129. The minimum absolute atomic E-state index is 0.0300. The summed E-state index contributed by atoms with van der Waals surface area (Å²) in [5, 5.41) is 0. The van der Waals surface area contributed by atoms with Crippen molar-refractivity contribution in [2.45, 2.75) is 19.4 Å². The van der Waals surface area contributed by atoms with E-state index in [4.69, 9.17) is 9.47 Å². The molecule has 0 saturated carbocycles. The van der Waals surface area contributed by atoms with Crippen molar-refractivity contribution in [3.8, 4) is 11.5 Å². The summed E-state index contributed by atoms with van der Waals surface area (Å²) in [6.45, 7) is 2.51. The molecule has 1 N–H and O–H groups in total. The third-order valence-corrected chi connectivity index (χ3v) is 5.45. The summed E-state index contributed by atoms with van der Waals surface area (Å²) in [5.74, 6) is 1.17. The van der Waals surface area contributed by atoms with Crippen LogP contribution in [0.5, 0.6) is 11.5 Å². The third kappa shape index (κ3) is 4.22. The fourth-order valence-corrected chi connectivity index (χ4v) is 4.10. The molecule has 0 radical (unpaired) electrons. The smallest absolute Gasteiger partial charge is 0.229 e. The highest BCUT2D eigenvalue weighted by Gasteiger charge is 2.29. The highest BCUT2D eigenvalue weighted by Crippen LogP contribution is 2.38. The number of methoxy groups -OCH3 is 2. The Kier molecular flexibility index (Phi) is 5.51. The molecule has 7 nitrogen and oxygen atoms in total. The first-order valence-electron chi connectivity index (χ1n) is 8.80. The van der Waals surface area contributed by atoms with Crippen LogP contribution in [0.15, 0.2) is 36.4 Å². The Morgan fingerprint density at radius 3 is 2.43 bits per heavy atom. The van der Waals surface area contributed by atoms with Gasteiger partial charge in [0.25, 0.3) is 0 Å². The molecule has 2 aromatic rings. The van der Waals surface area contributed by atoms with Crippen LogP contribution >= 0.6 is 0 Å². The average Bonchev–Trinajstić information content (AvgIpc) is 2.64. The van der Waals surface area contributed by atoms with Crippen molar-refractivity contribution >= 4 is 21.6 Å². The van der Waals surface area contributed by atoms with E-state index in [1.165, 1.54) is 6.92 Å². The molecule has 8 heteroatoms. The number of ether oxygens (including phenoxy) is 2. The van der Waals surface area contributed by atoms with E-state index in [1.54, 1.807) is 31.3 Å². The Morgan fingerprint density at radius 2 is 1.82 bits per heavy atom. The number of anilines is 1. The minimum atomic E-state index is -3.38. The normalized spacial score (nSPS) is 16.3. The van der Waals surface area contributed by atoms with Gasteiger partial charge in [-0.2, -0.15) is 0 Å². The number of carbonyl (C=O) groups excluding carboxylic acids is 1. The van der Waals surface area contributed by atoms with Gasteiger partial charge in [-0.25, -0.2) is 8.42 Å². The van der Waals surface area contributed by atoms with Gasteiger partial charge in [0.1, 0.15) is 0 Å². The lowest BCUT2D eigenvalue weighted by Gasteiger charge is -2.35. The maximum Gasteiger partial charge on any atom is 0.229 e. The van der Waals surface area contributed by atoms with E-state index in [9.17, 15) is 13.2 Å². The van der Waals surface area contributed by atoms with Gasteiger partial charge in [-0.3, -0.25) is 9.52 Å². The van der Waals surface area contributed by atoms with Crippen molar-refractivity contribution in [2.75, 3.05) is 31.7 Å². The second-order valence-electron chi connectivity index (χ2n) is 6.85. The van der Waals surface area contributed by atoms with Crippen LogP contribution in [0, 0.1) is 0 Å². The fourth-order valence-electron chi connectivity index (χ4n) is 3.54. The van der Waals surface area contributed by atoms with Crippen LogP contribution < -0.4 is 14.2 Å². The molecule has 0 bridgehead atoms. The molecule has 0 aromatic heterocycles. The first-order chi connectivity index (χ1) is 13.2. The van der Waals surface area contributed by atoms with Gasteiger partial charge in [0.05, 0.1) is 20.5 Å². The van der Waals surface area contributed by atoms with Crippen LogP contribution in [0.25, 0.3) is 0 Å². The summed E-state index contributed by atoms with van der Waals surface area (Å²) in [7, 11) is -0.208. The van der Waals surface area contributed by atoms with Gasteiger partial charge in [-0.15, -0.1) is 0 Å². The molecule has 1 aliphatic heterocycles. The Hall–Kier alpha value is -2.74. The molecule has 1 unspecified atom stereocenters. The molecular weight excluding hydrogens is 380 g/mol. The SMILES string of the molecule is COc1ccc(C2CN(C(C)=O)Cc3cc(NS(C)(=O)=O)ccc32)cc1OC. The Morgan fingerprint density at radius 1 is 1.11 bits per heavy atom. The first-order valence-corrected chi connectivity index (χ1v) is 10.7. The lowest BCUT2D eigenvalue weighted by atomic mass is 9.84. The quantitative estimate of drug-likeness (QED) is 0.828. The fraction of sp³-hybridized carbons (Fsp3) is 0.350. The molecule has 0 aliphatic carbocycles. The van der Waals surface area contributed by atoms with Gasteiger partial charge in [0, 0.05) is 31.6 Å². The summed E-state index contributed by atoms with van der Waals surface area (Å²) in [4.78, 5) is 13.9. The van der Waals surface area contributed by atoms with Gasteiger partial charge >= 0.3 is 0 Å². The molecule has 0 spiro atoms. The van der Waals surface area contributed by atoms with Crippen molar-refractivity contribution in [3.05, 3.63) is 53.1 Å². The first kappa shape index (κ1) is 20.0. The van der Waals surface area contributed by atoms with Crippen molar-refractivity contribution in [1.29, 1.82) is 0 Å². The molecule has 0 fully saturated rings. The van der Waals surface area contributed by atoms with E-state index < -0.39 is 10.0 Å². The van der Waals surface area contributed by atoms with Crippen LogP contribution in [0.4, 0.5) is 5.69 Å². The molecule has 150 valence electrons. The van der Waals surface area contributed by atoms with E-state index in [-0.39, 0.29) is 11.8 Å². The number of hydrogen-bond donors (Lipinski definition) is 1. The molecular formula is C20H24N2O5S. The van der Waals surface area contributed by atoms with Gasteiger partial charge in [0.15, 0.2) is 11.5 Å². The van der Waals surface area contributed by atoms with E-state index in [0.29, 0.717) is 30.3 Å². The van der Waals surface area contributed by atoms with E-state index >= 15 is 0 Å². The Bertz CT molecular complexity index is 1000. The Balaban J connectivity index is 2.06. The van der Waals surface area contributed by atoms with Crippen molar-refractivity contribution in [3.63, 3.8) is 0 Å². The lowest BCUT2D eigenvalue weighted by Crippen LogP contribution is -2.37. The molecule has 28 heavy (non-hydrogen) atoms. The molecule has 1 atom stereocenters. The molecule has 1 amide bonds. The van der Waals surface area contributed by atoms with Gasteiger partial charge in [-0.05, 0) is 41.0 Å². The number of carbonyl (C=O) groups is 1. The van der Waals surface area contributed by atoms with Gasteiger partial charge in [0.2, 0.25) is 15.9 Å². The maximum atomic E-state index is 12.1. The summed E-state index contributed by atoms with van der Waals surface area (Å²) in [6.07, 6.45) is 1.11. The largest absolute Gasteiger partial charge is 0.493 e. The number of nitrogens with zero attached hydrogens (tertiary/aromatic N) is 1. The number of nitrogens with one attached hydrogen (secondary N) is 1. The zero-order valence-electron chi connectivity index (χ0n) is 16.4. The van der Waals surface area contributed by atoms with Crippen LogP contribution in [0.1, 0.15) is 29.5 Å². The number of fused-ring (bicyclic) bond motifs is 1. The standard InChI is InChI=1S/C20H24N2O5S/c1-13(23)22-11-15-9-16(21-28(4,24)25)6-7-17(15)18(12-22)14-5-8-19(26-2)20(10-14)27-3/h5-10,18,21H,11-12H2,1-4H3. The van der Waals surface area contributed by atoms with Crippen LogP contribution in [0.3, 0.4) is 0 Å². The second kappa shape index (κ2) is 7.71. The van der Waals surface area contributed by atoms with Crippen LogP contribution in [0.2, 0.25) is 0 Å². The van der Waals surface area contributed by atoms with Crippen molar-refractivity contribution < 1.29 is 22.7 Å². The van der Waals surface area contributed by atoms with Crippen molar-refractivity contribution in [2.24, 2.45) is 0 Å². The van der Waals surface area contributed by atoms with Crippen LogP contribution in [-0.2, 0) is 21.4 Å². The topological polar surface area (TPSA) is 84.9 Å². The Labute approximate surface area is 165 Å². The molecule has 3 rings (SSSR count). The second-order valence-corrected chi connectivity index (χ2v) is 8.60. The zero-order valence-corrected chi connectivity index (χ0v) is 17.2. The minimum Gasteiger partial charge on any atom is -0.493 e. The van der Waals surface area contributed by atoms with E-state index in [2.05, 4.69) is 4.72 Å². The number of hydrogen-bond acceptors (Lipinski definition) is 5.